The van der Waals surface area contributed by atoms with E-state index >= 15 is 0 Å². The molecule has 0 saturated heterocycles. The number of rotatable bonds is 2. The molecule has 0 unspecified atom stereocenters. The Kier molecular flexibility index (Phi) is 3.67. The zero-order valence-electron chi connectivity index (χ0n) is 13.0. The largest absolute Gasteiger partial charge is 0.297 e. The summed E-state index contributed by atoms with van der Waals surface area (Å²) in [7, 11) is 0. The highest BCUT2D eigenvalue weighted by Gasteiger charge is 2.17. The second-order valence-electron chi connectivity index (χ2n) is 6.01. The molecule has 3 aromatic rings. The Morgan fingerprint density at radius 1 is 0.913 bits per heavy atom. The van der Waals surface area contributed by atoms with E-state index in [1.807, 2.05) is 34.9 Å². The van der Waals surface area contributed by atoms with Gasteiger partial charge >= 0.3 is 0 Å². The zero-order valence-corrected chi connectivity index (χ0v) is 13.0. The maximum Gasteiger partial charge on any atom is 0.261 e. The molecule has 0 radical (unpaired) electrons. The Morgan fingerprint density at radius 2 is 1.70 bits per heavy atom. The lowest BCUT2D eigenvalue weighted by Crippen LogP contribution is -2.28. The Labute approximate surface area is 135 Å². The molecule has 1 aliphatic rings. The van der Waals surface area contributed by atoms with Crippen molar-refractivity contribution in [2.75, 3.05) is 13.1 Å². The minimum Gasteiger partial charge on any atom is -0.297 e. The van der Waals surface area contributed by atoms with Gasteiger partial charge in [0.2, 0.25) is 0 Å². The van der Waals surface area contributed by atoms with Crippen LogP contribution in [0.15, 0.2) is 59.4 Å². The van der Waals surface area contributed by atoms with Crippen LogP contribution in [0, 0.1) is 0 Å². The van der Waals surface area contributed by atoms with Crippen LogP contribution in [0.2, 0.25) is 0 Å². The van der Waals surface area contributed by atoms with Crippen molar-refractivity contribution in [3.63, 3.8) is 0 Å². The Hall–Kier alpha value is -2.46. The van der Waals surface area contributed by atoms with Crippen molar-refractivity contribution in [1.29, 1.82) is 0 Å². The van der Waals surface area contributed by atoms with Gasteiger partial charge in [0.1, 0.15) is 5.82 Å². The molecule has 116 valence electrons. The summed E-state index contributed by atoms with van der Waals surface area (Å²) in [5.41, 5.74) is 2.20. The first-order valence-corrected chi connectivity index (χ1v) is 8.06. The van der Waals surface area contributed by atoms with Crippen molar-refractivity contribution in [3.8, 4) is 0 Å². The molecule has 4 heteroatoms. The molecule has 1 aliphatic heterocycles. The number of aromatic nitrogens is 2. The fourth-order valence-electron chi connectivity index (χ4n) is 3.25. The molecule has 0 N–H and O–H groups in total. The fraction of sp³-hybridized carbons (Fsp3) is 0.263. The molecule has 1 aromatic heterocycles. The molecule has 4 nitrogen and oxygen atoms in total. The molecule has 0 bridgehead atoms. The van der Waals surface area contributed by atoms with E-state index in [-0.39, 0.29) is 5.56 Å². The van der Waals surface area contributed by atoms with Crippen LogP contribution in [-0.2, 0) is 19.5 Å². The maximum absolute atomic E-state index is 12.7. The van der Waals surface area contributed by atoms with Crippen LogP contribution in [0.1, 0.15) is 11.4 Å². The van der Waals surface area contributed by atoms with Crippen molar-refractivity contribution >= 4 is 10.9 Å². The van der Waals surface area contributed by atoms with Crippen LogP contribution in [0.25, 0.3) is 10.9 Å². The quantitative estimate of drug-likeness (QED) is 0.730. The van der Waals surface area contributed by atoms with Gasteiger partial charge in [0.05, 0.1) is 10.9 Å². The van der Waals surface area contributed by atoms with Crippen molar-refractivity contribution in [1.82, 2.24) is 14.5 Å². The standard InChI is InChI=1S/C19H19N3O/c23-19-16-8-4-5-9-17(16)20-18-10-11-21(12-13-22(18)19)14-15-6-2-1-3-7-15/h1-9H,10-14H2. The van der Waals surface area contributed by atoms with Gasteiger partial charge in [-0.2, -0.15) is 0 Å². The number of nitrogens with zero attached hydrogens (tertiary/aromatic N) is 3. The zero-order chi connectivity index (χ0) is 15.6. The Morgan fingerprint density at radius 3 is 2.57 bits per heavy atom. The molecule has 0 atom stereocenters. The molecule has 4 rings (SSSR count). The average molecular weight is 305 g/mol. The fourth-order valence-corrected chi connectivity index (χ4v) is 3.25. The predicted octanol–water partition coefficient (Wildman–Crippen LogP) is 2.45. The monoisotopic (exact) mass is 305 g/mol. The van der Waals surface area contributed by atoms with Crippen molar-refractivity contribution < 1.29 is 0 Å². The van der Waals surface area contributed by atoms with E-state index < -0.39 is 0 Å². The normalized spacial score (nSPS) is 15.3. The van der Waals surface area contributed by atoms with Crippen LogP contribution in [0.4, 0.5) is 0 Å². The second-order valence-corrected chi connectivity index (χ2v) is 6.01. The lowest BCUT2D eigenvalue weighted by Gasteiger charge is -2.19. The van der Waals surface area contributed by atoms with Crippen LogP contribution < -0.4 is 5.56 Å². The molecular weight excluding hydrogens is 286 g/mol. The third kappa shape index (κ3) is 2.78. The second kappa shape index (κ2) is 5.97. The summed E-state index contributed by atoms with van der Waals surface area (Å²) in [5.74, 6) is 0.907. The van der Waals surface area contributed by atoms with Gasteiger partial charge in [-0.3, -0.25) is 14.3 Å². The lowest BCUT2D eigenvalue weighted by atomic mass is 10.2. The van der Waals surface area contributed by atoms with Crippen LogP contribution in [0.5, 0.6) is 0 Å². The van der Waals surface area contributed by atoms with E-state index in [0.29, 0.717) is 11.9 Å². The summed E-state index contributed by atoms with van der Waals surface area (Å²) in [4.78, 5) is 19.8. The predicted molar refractivity (Wildman–Crippen MR) is 91.4 cm³/mol. The summed E-state index contributed by atoms with van der Waals surface area (Å²) >= 11 is 0. The van der Waals surface area contributed by atoms with Gasteiger partial charge < -0.3 is 0 Å². The molecule has 2 heterocycles. The highest BCUT2D eigenvalue weighted by molar-refractivity contribution is 5.77. The van der Waals surface area contributed by atoms with E-state index in [2.05, 4.69) is 29.2 Å². The molecule has 0 aliphatic carbocycles. The van der Waals surface area contributed by atoms with E-state index in [4.69, 9.17) is 4.98 Å². The Bertz CT molecular complexity index is 886. The number of hydrogen-bond acceptors (Lipinski definition) is 3. The first-order valence-electron chi connectivity index (χ1n) is 8.06. The molecule has 0 saturated carbocycles. The summed E-state index contributed by atoms with van der Waals surface area (Å²) in [5, 5.41) is 0.716. The van der Waals surface area contributed by atoms with Gasteiger partial charge in [-0.25, -0.2) is 4.98 Å². The SMILES string of the molecule is O=c1c2ccccc2nc2n1CCN(Cc1ccccc1)CC2. The van der Waals surface area contributed by atoms with Gasteiger partial charge in [-0.05, 0) is 17.7 Å². The molecular formula is C19H19N3O. The number of hydrogen-bond donors (Lipinski definition) is 0. The van der Waals surface area contributed by atoms with E-state index in [1.165, 1.54) is 5.56 Å². The van der Waals surface area contributed by atoms with Crippen LogP contribution in [-0.4, -0.2) is 27.5 Å². The summed E-state index contributed by atoms with van der Waals surface area (Å²) < 4.78 is 1.85. The third-order valence-electron chi connectivity index (χ3n) is 4.48. The minimum absolute atomic E-state index is 0.0900. The number of fused-ring (bicyclic) bond motifs is 2. The third-order valence-corrected chi connectivity index (χ3v) is 4.48. The van der Waals surface area contributed by atoms with E-state index in [0.717, 1.165) is 37.4 Å². The molecule has 23 heavy (non-hydrogen) atoms. The smallest absolute Gasteiger partial charge is 0.261 e. The number of benzene rings is 2. The average Bonchev–Trinajstić information content (AvgIpc) is 2.79. The molecule has 0 spiro atoms. The van der Waals surface area contributed by atoms with Gasteiger partial charge in [-0.1, -0.05) is 42.5 Å². The number of para-hydroxylation sites is 1. The van der Waals surface area contributed by atoms with E-state index in [9.17, 15) is 4.79 Å². The van der Waals surface area contributed by atoms with Crippen molar-refractivity contribution in [2.45, 2.75) is 19.5 Å². The Balaban J connectivity index is 1.62. The molecule has 2 aromatic carbocycles. The molecule has 0 amide bonds. The van der Waals surface area contributed by atoms with Crippen LogP contribution in [0.3, 0.4) is 0 Å². The molecule has 0 fully saturated rings. The minimum atomic E-state index is 0.0900. The highest BCUT2D eigenvalue weighted by atomic mass is 16.1. The highest BCUT2D eigenvalue weighted by Crippen LogP contribution is 2.13. The van der Waals surface area contributed by atoms with Gasteiger partial charge in [0, 0.05) is 32.6 Å². The summed E-state index contributed by atoms with van der Waals surface area (Å²) in [6.07, 6.45) is 0.812. The van der Waals surface area contributed by atoms with Gasteiger partial charge in [0.25, 0.3) is 5.56 Å². The van der Waals surface area contributed by atoms with Gasteiger partial charge in [0.15, 0.2) is 0 Å². The first-order chi connectivity index (χ1) is 11.3. The maximum atomic E-state index is 12.7. The lowest BCUT2D eigenvalue weighted by molar-refractivity contribution is 0.271. The van der Waals surface area contributed by atoms with Crippen LogP contribution >= 0.6 is 0 Å². The van der Waals surface area contributed by atoms with Gasteiger partial charge in [-0.15, -0.1) is 0 Å². The van der Waals surface area contributed by atoms with E-state index in [1.54, 1.807) is 0 Å². The van der Waals surface area contributed by atoms with Crippen molar-refractivity contribution in [2.24, 2.45) is 0 Å². The summed E-state index contributed by atoms with van der Waals surface area (Å²) in [6.45, 7) is 3.43. The summed E-state index contributed by atoms with van der Waals surface area (Å²) in [6, 6.07) is 18.1. The van der Waals surface area contributed by atoms with Crippen molar-refractivity contribution in [3.05, 3.63) is 76.3 Å². The topological polar surface area (TPSA) is 38.1 Å². The first kappa shape index (κ1) is 14.2.